The molecule has 7 heteroatoms. The Balaban J connectivity index is 1.27. The Morgan fingerprint density at radius 1 is 0.914 bits per heavy atom. The maximum atomic E-state index is 12.5. The molecular weight excluding hydrogens is 444 g/mol. The third-order valence-corrected chi connectivity index (χ3v) is 6.21. The SMILES string of the molecule is CN(CCCC(=O)O)C(=O)c1ccc(CNC(=O)OCC2c3ccccc3-c3ccccc32)cc1. The van der Waals surface area contributed by atoms with Gasteiger partial charge in [-0.3, -0.25) is 9.59 Å². The second-order valence-corrected chi connectivity index (χ2v) is 8.60. The van der Waals surface area contributed by atoms with Crippen molar-refractivity contribution >= 4 is 18.0 Å². The molecule has 0 spiro atoms. The average Bonchev–Trinajstić information content (AvgIpc) is 3.19. The van der Waals surface area contributed by atoms with Crippen molar-refractivity contribution in [3.8, 4) is 11.1 Å². The van der Waals surface area contributed by atoms with Gasteiger partial charge in [0.15, 0.2) is 0 Å². The molecule has 1 aliphatic carbocycles. The van der Waals surface area contributed by atoms with Gasteiger partial charge in [-0.05, 0) is 46.4 Å². The predicted molar refractivity (Wildman–Crippen MR) is 132 cm³/mol. The number of fused-ring (bicyclic) bond motifs is 3. The van der Waals surface area contributed by atoms with Crippen molar-refractivity contribution in [1.29, 1.82) is 0 Å². The summed E-state index contributed by atoms with van der Waals surface area (Å²) in [5.74, 6) is -1.04. The quantitative estimate of drug-likeness (QED) is 0.472. The van der Waals surface area contributed by atoms with Crippen LogP contribution in [0.4, 0.5) is 4.79 Å². The number of carbonyl (C=O) groups excluding carboxylic acids is 2. The Hall–Kier alpha value is -4.13. The van der Waals surface area contributed by atoms with Crippen LogP contribution in [0.1, 0.15) is 45.8 Å². The number of carboxylic acid groups (broad SMARTS) is 1. The zero-order valence-corrected chi connectivity index (χ0v) is 19.6. The van der Waals surface area contributed by atoms with Crippen LogP contribution in [-0.2, 0) is 16.1 Å². The first-order valence-corrected chi connectivity index (χ1v) is 11.6. The van der Waals surface area contributed by atoms with Crippen LogP contribution < -0.4 is 5.32 Å². The minimum atomic E-state index is -0.876. The Morgan fingerprint density at radius 3 is 2.11 bits per heavy atom. The molecule has 2 amide bonds. The molecule has 3 aromatic rings. The number of aliphatic carboxylic acids is 1. The summed E-state index contributed by atoms with van der Waals surface area (Å²) >= 11 is 0. The molecule has 1 aliphatic rings. The van der Waals surface area contributed by atoms with Gasteiger partial charge in [-0.2, -0.15) is 0 Å². The van der Waals surface area contributed by atoms with E-state index in [1.165, 1.54) is 16.0 Å². The van der Waals surface area contributed by atoms with Gasteiger partial charge in [0, 0.05) is 38.0 Å². The maximum Gasteiger partial charge on any atom is 0.407 e. The smallest absolute Gasteiger partial charge is 0.407 e. The highest BCUT2D eigenvalue weighted by molar-refractivity contribution is 5.94. The third-order valence-electron chi connectivity index (χ3n) is 6.21. The van der Waals surface area contributed by atoms with Crippen LogP contribution in [-0.4, -0.2) is 48.2 Å². The van der Waals surface area contributed by atoms with E-state index in [1.807, 2.05) is 24.3 Å². The number of alkyl carbamates (subject to hydrolysis) is 1. The molecule has 180 valence electrons. The van der Waals surface area contributed by atoms with Crippen molar-refractivity contribution in [3.63, 3.8) is 0 Å². The van der Waals surface area contributed by atoms with Crippen molar-refractivity contribution in [2.75, 3.05) is 20.2 Å². The van der Waals surface area contributed by atoms with Crippen LogP contribution in [0.5, 0.6) is 0 Å². The molecule has 0 radical (unpaired) electrons. The second kappa shape index (κ2) is 10.9. The largest absolute Gasteiger partial charge is 0.481 e. The minimum absolute atomic E-state index is 0.00549. The summed E-state index contributed by atoms with van der Waals surface area (Å²) in [4.78, 5) is 37.0. The van der Waals surface area contributed by atoms with E-state index in [2.05, 4.69) is 29.6 Å². The van der Waals surface area contributed by atoms with Crippen LogP contribution >= 0.6 is 0 Å². The fourth-order valence-electron chi connectivity index (χ4n) is 4.38. The summed E-state index contributed by atoms with van der Waals surface area (Å²) in [6, 6.07) is 23.3. The summed E-state index contributed by atoms with van der Waals surface area (Å²) < 4.78 is 5.56. The van der Waals surface area contributed by atoms with E-state index in [0.717, 1.165) is 16.7 Å². The number of amides is 2. The summed E-state index contributed by atoms with van der Waals surface area (Å²) in [5, 5.41) is 11.5. The van der Waals surface area contributed by atoms with Crippen molar-refractivity contribution in [3.05, 3.63) is 95.1 Å². The van der Waals surface area contributed by atoms with Crippen LogP contribution in [0.15, 0.2) is 72.8 Å². The molecule has 35 heavy (non-hydrogen) atoms. The predicted octanol–water partition coefficient (Wildman–Crippen LogP) is 4.66. The van der Waals surface area contributed by atoms with Crippen molar-refractivity contribution in [2.45, 2.75) is 25.3 Å². The highest BCUT2D eigenvalue weighted by atomic mass is 16.5. The Bertz CT molecular complexity index is 1180. The molecule has 0 unspecified atom stereocenters. The van der Waals surface area contributed by atoms with Gasteiger partial charge in [0.25, 0.3) is 5.91 Å². The van der Waals surface area contributed by atoms with E-state index >= 15 is 0 Å². The zero-order chi connectivity index (χ0) is 24.8. The van der Waals surface area contributed by atoms with Crippen LogP contribution in [0.25, 0.3) is 11.1 Å². The molecule has 0 atom stereocenters. The fourth-order valence-corrected chi connectivity index (χ4v) is 4.38. The third kappa shape index (κ3) is 5.69. The van der Waals surface area contributed by atoms with E-state index in [4.69, 9.17) is 9.84 Å². The summed E-state index contributed by atoms with van der Waals surface area (Å²) in [7, 11) is 1.65. The lowest BCUT2D eigenvalue weighted by atomic mass is 9.98. The molecule has 0 saturated carbocycles. The van der Waals surface area contributed by atoms with Crippen molar-refractivity contribution in [2.24, 2.45) is 0 Å². The van der Waals surface area contributed by atoms with Gasteiger partial charge in [-0.1, -0.05) is 60.7 Å². The number of hydrogen-bond acceptors (Lipinski definition) is 4. The number of nitrogens with one attached hydrogen (secondary N) is 1. The zero-order valence-electron chi connectivity index (χ0n) is 19.6. The number of ether oxygens (including phenoxy) is 1. The number of rotatable bonds is 9. The number of nitrogens with zero attached hydrogens (tertiary/aromatic N) is 1. The fraction of sp³-hybridized carbons (Fsp3) is 0.250. The van der Waals surface area contributed by atoms with E-state index in [0.29, 0.717) is 18.5 Å². The summed E-state index contributed by atoms with van der Waals surface area (Å²) in [5.41, 5.74) is 6.03. The monoisotopic (exact) mass is 472 g/mol. The van der Waals surface area contributed by atoms with Gasteiger partial charge in [-0.15, -0.1) is 0 Å². The van der Waals surface area contributed by atoms with Gasteiger partial charge >= 0.3 is 12.1 Å². The molecule has 0 bridgehead atoms. The number of hydrogen-bond donors (Lipinski definition) is 2. The lowest BCUT2D eigenvalue weighted by Gasteiger charge is -2.17. The van der Waals surface area contributed by atoms with E-state index in [1.54, 1.807) is 31.3 Å². The number of benzene rings is 3. The van der Waals surface area contributed by atoms with Gasteiger partial charge in [0.1, 0.15) is 6.61 Å². The van der Waals surface area contributed by atoms with Gasteiger partial charge in [-0.25, -0.2) is 4.79 Å². The molecule has 2 N–H and O–H groups in total. The lowest BCUT2D eigenvalue weighted by Crippen LogP contribution is -2.28. The topological polar surface area (TPSA) is 95.9 Å². The normalized spacial score (nSPS) is 11.9. The molecule has 0 heterocycles. The van der Waals surface area contributed by atoms with Gasteiger partial charge < -0.3 is 20.1 Å². The molecule has 0 saturated heterocycles. The molecule has 0 aliphatic heterocycles. The Kier molecular flexibility index (Phi) is 7.45. The highest BCUT2D eigenvalue weighted by Crippen LogP contribution is 2.44. The molecule has 0 aromatic heterocycles. The van der Waals surface area contributed by atoms with Gasteiger partial charge in [0.2, 0.25) is 0 Å². The molecule has 0 fully saturated rings. The molecule has 7 nitrogen and oxygen atoms in total. The molecule has 3 aromatic carbocycles. The Labute approximate surface area is 204 Å². The summed E-state index contributed by atoms with van der Waals surface area (Å²) in [6.45, 7) is 0.900. The number of carboxylic acids is 1. The molecule has 4 rings (SSSR count). The standard InChI is InChI=1S/C28H28N2O5/c1-30(16-6-11-26(31)32)27(33)20-14-12-19(13-15-20)17-29-28(34)35-18-25-23-9-4-2-7-21(23)22-8-3-5-10-24(22)25/h2-5,7-10,12-15,25H,6,11,16-18H2,1H3,(H,29,34)(H,31,32). The average molecular weight is 473 g/mol. The highest BCUT2D eigenvalue weighted by Gasteiger charge is 2.28. The Morgan fingerprint density at radius 2 is 1.51 bits per heavy atom. The van der Waals surface area contributed by atoms with E-state index in [-0.39, 0.29) is 31.4 Å². The first kappa shape index (κ1) is 24.0. The van der Waals surface area contributed by atoms with Gasteiger partial charge in [0.05, 0.1) is 0 Å². The minimum Gasteiger partial charge on any atom is -0.481 e. The van der Waals surface area contributed by atoms with Crippen molar-refractivity contribution in [1.82, 2.24) is 10.2 Å². The summed E-state index contributed by atoms with van der Waals surface area (Å²) in [6.07, 6.45) is -0.0668. The number of carbonyl (C=O) groups is 3. The second-order valence-electron chi connectivity index (χ2n) is 8.60. The van der Waals surface area contributed by atoms with Crippen LogP contribution in [0.2, 0.25) is 0 Å². The van der Waals surface area contributed by atoms with E-state index < -0.39 is 12.1 Å². The lowest BCUT2D eigenvalue weighted by molar-refractivity contribution is -0.137. The van der Waals surface area contributed by atoms with E-state index in [9.17, 15) is 14.4 Å². The van der Waals surface area contributed by atoms with Crippen molar-refractivity contribution < 1.29 is 24.2 Å². The molecular formula is C28H28N2O5. The first-order chi connectivity index (χ1) is 16.9. The van der Waals surface area contributed by atoms with Crippen LogP contribution in [0, 0.1) is 0 Å². The maximum absolute atomic E-state index is 12.5. The van der Waals surface area contributed by atoms with Crippen LogP contribution in [0.3, 0.4) is 0 Å². The first-order valence-electron chi connectivity index (χ1n) is 11.6.